The van der Waals surface area contributed by atoms with Crippen molar-refractivity contribution >= 4 is 7.82 Å². The molecule has 0 saturated heterocycles. The van der Waals surface area contributed by atoms with Crippen LogP contribution in [0.3, 0.4) is 0 Å². The predicted molar refractivity (Wildman–Crippen MR) is 87.4 cm³/mol. The van der Waals surface area contributed by atoms with E-state index in [0.717, 1.165) is 16.7 Å². The molecule has 0 amide bonds. The van der Waals surface area contributed by atoms with Gasteiger partial charge in [0.1, 0.15) is 5.75 Å². The fraction of sp³-hybridized carbons (Fsp3) is 0.647. The van der Waals surface area contributed by atoms with Crippen LogP contribution < -0.4 is 9.79 Å². The standard InChI is InChI=1S/C17H29O5P.Ni/c1-11(22-23(19,20)21)8-12-9-13(16(2,3)4)15(18)14(10-12)17(5,6)7;/h9-11,18H,8H2,1-7H3,(H2,19,20,21);/q;+2/p-2. The second-order valence-corrected chi connectivity index (χ2v) is 9.21. The molecule has 0 spiro atoms. The molecule has 1 unspecified atom stereocenters. The Morgan fingerprint density at radius 1 is 1.08 bits per heavy atom. The maximum atomic E-state index is 10.7. The SMILES string of the molecule is CC(Cc1cc(C(C)(C)C)c(O)c(C(C)(C)C)c1)OP(=O)([O-])[O-].[Ni+2]. The van der Waals surface area contributed by atoms with Gasteiger partial charge in [-0.15, -0.1) is 0 Å². The summed E-state index contributed by atoms with van der Waals surface area (Å²) in [6.07, 6.45) is -0.470. The van der Waals surface area contributed by atoms with Gasteiger partial charge in [-0.1, -0.05) is 53.7 Å². The Morgan fingerprint density at radius 2 is 1.46 bits per heavy atom. The zero-order chi connectivity index (χ0) is 18.2. The first-order valence-corrected chi connectivity index (χ1v) is 9.14. The summed E-state index contributed by atoms with van der Waals surface area (Å²) >= 11 is 0. The molecule has 0 heterocycles. The van der Waals surface area contributed by atoms with Crippen LogP contribution in [0, 0.1) is 0 Å². The molecule has 5 nitrogen and oxygen atoms in total. The summed E-state index contributed by atoms with van der Waals surface area (Å²) < 4.78 is 15.3. The average molecular weight is 401 g/mol. The molecule has 0 aliphatic heterocycles. The number of phenols is 1. The molecular weight excluding hydrogens is 374 g/mol. The van der Waals surface area contributed by atoms with E-state index in [1.165, 1.54) is 0 Å². The summed E-state index contributed by atoms with van der Waals surface area (Å²) in [7, 11) is -5.01. The second kappa shape index (κ2) is 7.89. The van der Waals surface area contributed by atoms with Crippen LogP contribution in [0.5, 0.6) is 5.75 Å². The summed E-state index contributed by atoms with van der Waals surface area (Å²) in [5.74, 6) is 0.264. The van der Waals surface area contributed by atoms with Crippen molar-refractivity contribution in [1.29, 1.82) is 0 Å². The molecule has 1 atom stereocenters. The predicted octanol–water partition coefficient (Wildman–Crippen LogP) is 2.76. The molecule has 140 valence electrons. The summed E-state index contributed by atoms with van der Waals surface area (Å²) in [5, 5.41) is 10.6. The Kier molecular flexibility index (Phi) is 7.76. The Bertz CT molecular complexity index is 575. The first-order chi connectivity index (χ1) is 10.1. The Hall–Kier alpha value is -0.376. The van der Waals surface area contributed by atoms with Gasteiger partial charge in [-0.25, -0.2) is 0 Å². The normalized spacial score (nSPS) is 14.2. The number of hydrogen-bond donors (Lipinski definition) is 1. The van der Waals surface area contributed by atoms with Crippen LogP contribution in [0.1, 0.15) is 65.2 Å². The van der Waals surface area contributed by atoms with Crippen molar-refractivity contribution < 1.29 is 40.5 Å². The summed E-state index contributed by atoms with van der Waals surface area (Å²) in [4.78, 5) is 21.5. The zero-order valence-corrected chi connectivity index (χ0v) is 17.2. The maximum Gasteiger partial charge on any atom is 2.00 e. The quantitative estimate of drug-likeness (QED) is 0.619. The number of phosphoric acid groups is 1. The smallest absolute Gasteiger partial charge is 0.790 e. The average Bonchev–Trinajstić information content (AvgIpc) is 2.25. The van der Waals surface area contributed by atoms with E-state index in [1.54, 1.807) is 6.92 Å². The fourth-order valence-electron chi connectivity index (χ4n) is 2.55. The van der Waals surface area contributed by atoms with E-state index in [4.69, 9.17) is 0 Å². The molecule has 0 aliphatic rings. The molecule has 7 heteroatoms. The van der Waals surface area contributed by atoms with Gasteiger partial charge < -0.3 is 24.0 Å². The largest absolute Gasteiger partial charge is 2.00 e. The van der Waals surface area contributed by atoms with Crippen molar-refractivity contribution in [3.05, 3.63) is 28.8 Å². The van der Waals surface area contributed by atoms with Gasteiger partial charge in [0.2, 0.25) is 0 Å². The first kappa shape index (κ1) is 23.6. The minimum atomic E-state index is -5.01. The topological polar surface area (TPSA) is 92.7 Å². The van der Waals surface area contributed by atoms with Crippen molar-refractivity contribution in [2.75, 3.05) is 0 Å². The van der Waals surface area contributed by atoms with Gasteiger partial charge in [-0.3, -0.25) is 0 Å². The molecule has 1 aromatic carbocycles. The van der Waals surface area contributed by atoms with Gasteiger partial charge in [0, 0.05) is 0 Å². The van der Waals surface area contributed by atoms with Gasteiger partial charge in [0.15, 0.2) is 0 Å². The molecule has 0 bridgehead atoms. The van der Waals surface area contributed by atoms with E-state index < -0.39 is 13.9 Å². The Morgan fingerprint density at radius 3 is 1.75 bits per heavy atom. The molecule has 1 aromatic rings. The van der Waals surface area contributed by atoms with Gasteiger partial charge in [0.05, 0.1) is 13.9 Å². The Labute approximate surface area is 155 Å². The molecule has 1 N–H and O–H groups in total. The van der Waals surface area contributed by atoms with E-state index in [1.807, 2.05) is 53.7 Å². The molecule has 0 aliphatic carbocycles. The third-order valence-corrected chi connectivity index (χ3v) is 4.24. The number of hydrogen-bond acceptors (Lipinski definition) is 5. The monoisotopic (exact) mass is 400 g/mol. The first-order valence-electron chi connectivity index (χ1n) is 7.68. The summed E-state index contributed by atoms with van der Waals surface area (Å²) in [6, 6.07) is 3.70. The van der Waals surface area contributed by atoms with Crippen molar-refractivity contribution in [3.8, 4) is 5.75 Å². The van der Waals surface area contributed by atoms with Gasteiger partial charge in [-0.05, 0) is 40.9 Å². The van der Waals surface area contributed by atoms with Gasteiger partial charge in [0.25, 0.3) is 0 Å². The van der Waals surface area contributed by atoms with E-state index in [-0.39, 0.29) is 39.5 Å². The number of benzene rings is 1. The Balaban J connectivity index is 0.00000529. The summed E-state index contributed by atoms with van der Waals surface area (Å²) in [6.45, 7) is 13.6. The van der Waals surface area contributed by atoms with Crippen LogP contribution in [0.25, 0.3) is 0 Å². The van der Waals surface area contributed by atoms with Gasteiger partial charge in [-0.2, -0.15) is 0 Å². The third kappa shape index (κ3) is 6.86. The van der Waals surface area contributed by atoms with Crippen molar-refractivity contribution in [1.82, 2.24) is 0 Å². The molecule has 0 radical (unpaired) electrons. The van der Waals surface area contributed by atoms with E-state index in [0.29, 0.717) is 0 Å². The molecule has 0 aromatic heterocycles. The van der Waals surface area contributed by atoms with Crippen LogP contribution in [0.15, 0.2) is 12.1 Å². The van der Waals surface area contributed by atoms with Crippen LogP contribution in [-0.2, 0) is 42.8 Å². The minimum absolute atomic E-state index is 0. The van der Waals surface area contributed by atoms with Crippen molar-refractivity contribution in [3.63, 3.8) is 0 Å². The molecule has 1 rings (SSSR count). The molecule has 0 saturated carbocycles. The van der Waals surface area contributed by atoms with Crippen LogP contribution in [-0.4, -0.2) is 11.2 Å². The van der Waals surface area contributed by atoms with Crippen molar-refractivity contribution in [2.45, 2.75) is 71.8 Å². The minimum Gasteiger partial charge on any atom is -0.790 e. The molecule has 24 heavy (non-hydrogen) atoms. The van der Waals surface area contributed by atoms with E-state index >= 15 is 0 Å². The molecular formula is C17H27NiO5P. The van der Waals surface area contributed by atoms with Gasteiger partial charge >= 0.3 is 16.5 Å². The fourth-order valence-corrected chi connectivity index (χ4v) is 3.06. The molecule has 0 fully saturated rings. The van der Waals surface area contributed by atoms with Crippen LogP contribution in [0.2, 0.25) is 0 Å². The third-order valence-electron chi connectivity index (χ3n) is 3.62. The number of phosphoric ester groups is 1. The van der Waals surface area contributed by atoms with E-state index in [9.17, 15) is 19.5 Å². The van der Waals surface area contributed by atoms with Crippen LogP contribution >= 0.6 is 7.82 Å². The number of aromatic hydroxyl groups is 1. The second-order valence-electron chi connectivity index (χ2n) is 8.11. The zero-order valence-electron chi connectivity index (χ0n) is 15.3. The van der Waals surface area contributed by atoms with E-state index in [2.05, 4.69) is 4.52 Å². The summed E-state index contributed by atoms with van der Waals surface area (Å²) in [5.41, 5.74) is 1.88. The van der Waals surface area contributed by atoms with Crippen molar-refractivity contribution in [2.24, 2.45) is 0 Å². The number of rotatable bonds is 4. The number of phenolic OH excluding ortho intramolecular Hbond substituents is 1. The maximum absolute atomic E-state index is 10.7. The van der Waals surface area contributed by atoms with Crippen LogP contribution in [0.4, 0.5) is 0 Å².